The van der Waals surface area contributed by atoms with Crippen LogP contribution in [-0.2, 0) is 6.42 Å². The molecule has 2 aromatic carbocycles. The van der Waals surface area contributed by atoms with Gasteiger partial charge in [0.15, 0.2) is 5.82 Å². The lowest BCUT2D eigenvalue weighted by Gasteiger charge is -2.57. The Morgan fingerprint density at radius 1 is 1.05 bits per heavy atom. The fourth-order valence-corrected chi connectivity index (χ4v) is 7.76. The lowest BCUT2D eigenvalue weighted by molar-refractivity contribution is -0.0570. The SMILES string of the molecule is Cc1ccccc1-c1nc(C(=O)Nc2ccc(F)c(C(=O)O)c2F)c(CCC23CC4CC(CC(C4)C2)C3)[nH]1. The second-order valence-corrected chi connectivity index (χ2v) is 11.7. The van der Waals surface area contributed by atoms with Crippen LogP contribution < -0.4 is 5.32 Å². The van der Waals surface area contributed by atoms with E-state index in [4.69, 9.17) is 0 Å². The summed E-state index contributed by atoms with van der Waals surface area (Å²) in [6, 6.07) is 9.59. The highest BCUT2D eigenvalue weighted by atomic mass is 19.1. The van der Waals surface area contributed by atoms with E-state index >= 15 is 0 Å². The normalized spacial score (nSPS) is 25.5. The number of carbonyl (C=O) groups excluding carboxylic acids is 1. The number of carbonyl (C=O) groups is 2. The maximum absolute atomic E-state index is 14.8. The number of imidazole rings is 1. The Balaban J connectivity index is 1.31. The fourth-order valence-electron chi connectivity index (χ4n) is 7.76. The Labute approximate surface area is 219 Å². The first-order chi connectivity index (χ1) is 18.2. The van der Waals surface area contributed by atoms with Gasteiger partial charge in [-0.25, -0.2) is 18.6 Å². The van der Waals surface area contributed by atoms with Gasteiger partial charge in [-0.3, -0.25) is 4.79 Å². The van der Waals surface area contributed by atoms with Crippen molar-refractivity contribution in [1.29, 1.82) is 0 Å². The molecule has 0 atom stereocenters. The number of aromatic nitrogens is 2. The van der Waals surface area contributed by atoms with E-state index < -0.39 is 34.8 Å². The molecule has 4 aliphatic rings. The smallest absolute Gasteiger partial charge is 0.341 e. The molecule has 0 spiro atoms. The van der Waals surface area contributed by atoms with E-state index in [1.165, 1.54) is 38.5 Å². The van der Waals surface area contributed by atoms with Gasteiger partial charge >= 0.3 is 5.97 Å². The van der Waals surface area contributed by atoms with E-state index in [-0.39, 0.29) is 5.69 Å². The summed E-state index contributed by atoms with van der Waals surface area (Å²) in [4.78, 5) is 32.7. The molecule has 3 aromatic rings. The molecule has 4 fully saturated rings. The van der Waals surface area contributed by atoms with E-state index in [2.05, 4.69) is 15.3 Å². The van der Waals surface area contributed by atoms with Crippen LogP contribution in [0.3, 0.4) is 0 Å². The lowest BCUT2D eigenvalue weighted by atomic mass is 9.48. The highest BCUT2D eigenvalue weighted by Crippen LogP contribution is 2.61. The summed E-state index contributed by atoms with van der Waals surface area (Å²) in [7, 11) is 0. The van der Waals surface area contributed by atoms with Crippen molar-refractivity contribution < 1.29 is 23.5 Å². The van der Waals surface area contributed by atoms with Crippen molar-refractivity contribution in [3.05, 3.63) is 70.5 Å². The number of hydrogen-bond donors (Lipinski definition) is 3. The first kappa shape index (κ1) is 24.8. The van der Waals surface area contributed by atoms with Crippen LogP contribution in [0, 0.1) is 41.7 Å². The van der Waals surface area contributed by atoms with Gasteiger partial charge in [-0.05, 0) is 99.2 Å². The van der Waals surface area contributed by atoms with E-state index in [0.29, 0.717) is 23.4 Å². The number of carboxylic acid groups (broad SMARTS) is 1. The molecule has 0 unspecified atom stereocenters. The van der Waals surface area contributed by atoms with Gasteiger partial charge < -0.3 is 15.4 Å². The van der Waals surface area contributed by atoms with Crippen LogP contribution in [0.25, 0.3) is 11.4 Å². The molecule has 4 aliphatic carbocycles. The fraction of sp³-hybridized carbons (Fsp3) is 0.433. The third-order valence-corrected chi connectivity index (χ3v) is 9.02. The van der Waals surface area contributed by atoms with Crippen molar-refractivity contribution in [1.82, 2.24) is 9.97 Å². The standard InChI is InChI=1S/C30H31F2N3O3/c1-16-4-2-3-5-20(16)27-33-23(8-9-30-13-17-10-18(14-30)12-19(11-17)15-30)26(35-27)28(36)34-22-7-6-21(31)24(25(22)32)29(37)38/h2-7,17-19H,8-15H2,1H3,(H,33,35)(H,34,36)(H,37,38). The highest BCUT2D eigenvalue weighted by molar-refractivity contribution is 6.05. The first-order valence-corrected chi connectivity index (χ1v) is 13.4. The van der Waals surface area contributed by atoms with Crippen molar-refractivity contribution in [3.63, 3.8) is 0 Å². The number of H-pyrrole nitrogens is 1. The molecule has 0 saturated heterocycles. The van der Waals surface area contributed by atoms with Gasteiger partial charge in [0.2, 0.25) is 0 Å². The van der Waals surface area contributed by atoms with Crippen molar-refractivity contribution in [3.8, 4) is 11.4 Å². The van der Waals surface area contributed by atoms with Gasteiger partial charge in [-0.15, -0.1) is 0 Å². The molecule has 1 amide bonds. The van der Waals surface area contributed by atoms with E-state index in [1.54, 1.807) is 0 Å². The Hall–Kier alpha value is -3.55. The summed E-state index contributed by atoms with van der Waals surface area (Å²) in [5.74, 6) is -1.92. The van der Waals surface area contributed by atoms with Crippen molar-refractivity contribution in [2.75, 3.05) is 5.32 Å². The lowest BCUT2D eigenvalue weighted by Crippen LogP contribution is -2.46. The van der Waals surface area contributed by atoms with Crippen LogP contribution in [0.4, 0.5) is 14.5 Å². The van der Waals surface area contributed by atoms with Crippen LogP contribution in [0.2, 0.25) is 0 Å². The zero-order valence-corrected chi connectivity index (χ0v) is 21.3. The quantitative estimate of drug-likeness (QED) is 0.321. The minimum atomic E-state index is -1.74. The number of carboxylic acids is 1. The number of halogens is 2. The maximum Gasteiger partial charge on any atom is 0.341 e. The van der Waals surface area contributed by atoms with Crippen molar-refractivity contribution in [2.45, 2.75) is 58.3 Å². The van der Waals surface area contributed by atoms with Crippen LogP contribution >= 0.6 is 0 Å². The number of nitrogens with one attached hydrogen (secondary N) is 2. The predicted octanol–water partition coefficient (Wildman–Crippen LogP) is 6.76. The molecule has 1 aromatic heterocycles. The molecule has 38 heavy (non-hydrogen) atoms. The minimum absolute atomic E-state index is 0.147. The summed E-state index contributed by atoms with van der Waals surface area (Å²) in [6.45, 7) is 1.97. The summed E-state index contributed by atoms with van der Waals surface area (Å²) in [5, 5.41) is 11.6. The summed E-state index contributed by atoms with van der Waals surface area (Å²) in [5.41, 5.74) is 1.48. The number of aromatic amines is 1. The summed E-state index contributed by atoms with van der Waals surface area (Å²) >= 11 is 0. The molecule has 4 bridgehead atoms. The molecule has 6 nitrogen and oxygen atoms in total. The number of nitrogens with zero attached hydrogens (tertiary/aromatic N) is 1. The number of hydrogen-bond acceptors (Lipinski definition) is 3. The largest absolute Gasteiger partial charge is 0.477 e. The van der Waals surface area contributed by atoms with Gasteiger partial charge in [0.1, 0.15) is 22.9 Å². The average Bonchev–Trinajstić information content (AvgIpc) is 3.28. The number of rotatable bonds is 7. The van der Waals surface area contributed by atoms with Gasteiger partial charge in [0.25, 0.3) is 5.91 Å². The third-order valence-electron chi connectivity index (χ3n) is 9.02. The van der Waals surface area contributed by atoms with Crippen LogP contribution in [0.1, 0.15) is 77.0 Å². The molecule has 0 aliphatic heterocycles. The van der Waals surface area contributed by atoms with Gasteiger partial charge in [0, 0.05) is 11.3 Å². The van der Waals surface area contributed by atoms with Crippen LogP contribution in [0.15, 0.2) is 36.4 Å². The first-order valence-electron chi connectivity index (χ1n) is 13.4. The van der Waals surface area contributed by atoms with Crippen LogP contribution in [-0.4, -0.2) is 27.0 Å². The molecule has 8 heteroatoms. The molecule has 7 rings (SSSR count). The monoisotopic (exact) mass is 519 g/mol. The Kier molecular flexibility index (Phi) is 6.08. The Bertz CT molecular complexity index is 1390. The molecule has 0 radical (unpaired) electrons. The number of amides is 1. The second kappa shape index (κ2) is 9.33. The number of aryl methyl sites for hydroxylation is 2. The van der Waals surface area contributed by atoms with Gasteiger partial charge in [-0.2, -0.15) is 0 Å². The van der Waals surface area contributed by atoms with E-state index in [9.17, 15) is 23.5 Å². The number of benzene rings is 2. The van der Waals surface area contributed by atoms with Gasteiger partial charge in [0.05, 0.1) is 5.69 Å². The zero-order chi connectivity index (χ0) is 26.6. The topological polar surface area (TPSA) is 95.1 Å². The molecule has 1 heterocycles. The Morgan fingerprint density at radius 2 is 1.71 bits per heavy atom. The van der Waals surface area contributed by atoms with Crippen LogP contribution in [0.5, 0.6) is 0 Å². The average molecular weight is 520 g/mol. The molecule has 4 saturated carbocycles. The van der Waals surface area contributed by atoms with E-state index in [0.717, 1.165) is 47.4 Å². The molecular formula is C30H31F2N3O3. The van der Waals surface area contributed by atoms with E-state index in [1.807, 2.05) is 31.2 Å². The molecule has 3 N–H and O–H groups in total. The summed E-state index contributed by atoms with van der Waals surface area (Å²) < 4.78 is 28.7. The number of anilines is 1. The third kappa shape index (κ3) is 4.40. The zero-order valence-electron chi connectivity index (χ0n) is 21.3. The second-order valence-electron chi connectivity index (χ2n) is 11.7. The molecular weight excluding hydrogens is 488 g/mol. The number of aromatic carboxylic acids is 1. The highest BCUT2D eigenvalue weighted by Gasteiger charge is 2.50. The summed E-state index contributed by atoms with van der Waals surface area (Å²) in [6.07, 6.45) is 9.41. The maximum atomic E-state index is 14.8. The van der Waals surface area contributed by atoms with Gasteiger partial charge in [-0.1, -0.05) is 24.3 Å². The van der Waals surface area contributed by atoms with Crippen molar-refractivity contribution in [2.24, 2.45) is 23.2 Å². The Morgan fingerprint density at radius 3 is 2.34 bits per heavy atom. The minimum Gasteiger partial charge on any atom is -0.477 e. The molecule has 198 valence electrons. The van der Waals surface area contributed by atoms with Crippen molar-refractivity contribution >= 4 is 17.6 Å². The predicted molar refractivity (Wildman–Crippen MR) is 139 cm³/mol.